The summed E-state index contributed by atoms with van der Waals surface area (Å²) in [4.78, 5) is 2.55. The van der Waals surface area contributed by atoms with Crippen molar-refractivity contribution in [3.8, 4) is 0 Å². The first-order chi connectivity index (χ1) is 9.74. The average molecular weight is 297 g/mol. The summed E-state index contributed by atoms with van der Waals surface area (Å²) in [6.45, 7) is 2.96. The molecule has 1 aliphatic rings. The maximum atomic E-state index is 6.08. The second kappa shape index (κ2) is 7.99. The molecule has 1 saturated carbocycles. The van der Waals surface area contributed by atoms with Crippen molar-refractivity contribution in [3.63, 3.8) is 0 Å². The van der Waals surface area contributed by atoms with Gasteiger partial charge in [0.1, 0.15) is 0 Å². The Morgan fingerprint density at radius 1 is 1.40 bits per heavy atom. The largest absolute Gasteiger partial charge is 0.383 e. The van der Waals surface area contributed by atoms with Gasteiger partial charge in [-0.15, -0.1) is 0 Å². The molecule has 2 rings (SSSR count). The number of methoxy groups -OCH3 is 1. The van der Waals surface area contributed by atoms with Gasteiger partial charge in [0.2, 0.25) is 0 Å². The number of hydrogen-bond donors (Lipinski definition) is 1. The fraction of sp³-hybridized carbons (Fsp3) is 0.625. The summed E-state index contributed by atoms with van der Waals surface area (Å²) >= 11 is 6.08. The minimum Gasteiger partial charge on any atom is -0.383 e. The summed E-state index contributed by atoms with van der Waals surface area (Å²) in [6.07, 6.45) is 3.77. The van der Waals surface area contributed by atoms with Gasteiger partial charge in [0, 0.05) is 37.3 Å². The van der Waals surface area contributed by atoms with Gasteiger partial charge in [-0.25, -0.2) is 0 Å². The van der Waals surface area contributed by atoms with Crippen LogP contribution in [0.2, 0.25) is 5.02 Å². The number of benzene rings is 1. The Hall–Kier alpha value is -0.610. The number of ether oxygens (including phenoxy) is 1. The van der Waals surface area contributed by atoms with Crippen LogP contribution in [0.1, 0.15) is 30.9 Å². The molecule has 1 unspecified atom stereocenters. The molecular weight excluding hydrogens is 272 g/mol. The number of nitrogens with zero attached hydrogens (tertiary/aromatic N) is 1. The third kappa shape index (κ3) is 4.74. The quantitative estimate of drug-likeness (QED) is 0.758. The van der Waals surface area contributed by atoms with Gasteiger partial charge in [0.25, 0.3) is 0 Å². The highest BCUT2D eigenvalue weighted by molar-refractivity contribution is 6.30. The van der Waals surface area contributed by atoms with Gasteiger partial charge in [0.15, 0.2) is 0 Å². The van der Waals surface area contributed by atoms with Crippen molar-refractivity contribution in [2.45, 2.75) is 31.3 Å². The molecule has 0 amide bonds. The van der Waals surface area contributed by atoms with Crippen molar-refractivity contribution >= 4 is 11.6 Å². The molecule has 1 aromatic rings. The second-order valence-corrected chi connectivity index (χ2v) is 5.88. The van der Waals surface area contributed by atoms with E-state index in [-0.39, 0.29) is 0 Å². The highest BCUT2D eigenvalue weighted by Crippen LogP contribution is 2.28. The van der Waals surface area contributed by atoms with Crippen LogP contribution in [-0.4, -0.2) is 44.8 Å². The van der Waals surface area contributed by atoms with Crippen LogP contribution < -0.4 is 5.32 Å². The monoisotopic (exact) mass is 296 g/mol. The zero-order chi connectivity index (χ0) is 14.4. The van der Waals surface area contributed by atoms with Crippen molar-refractivity contribution < 1.29 is 4.74 Å². The molecule has 0 radical (unpaired) electrons. The second-order valence-electron chi connectivity index (χ2n) is 5.44. The van der Waals surface area contributed by atoms with Crippen LogP contribution in [0.3, 0.4) is 0 Å². The molecule has 1 N–H and O–H groups in total. The van der Waals surface area contributed by atoms with E-state index in [9.17, 15) is 0 Å². The van der Waals surface area contributed by atoms with Crippen molar-refractivity contribution in [1.29, 1.82) is 0 Å². The molecule has 4 heteroatoms. The summed E-state index contributed by atoms with van der Waals surface area (Å²) in [7, 11) is 3.79. The van der Waals surface area contributed by atoms with E-state index < -0.39 is 0 Å². The van der Waals surface area contributed by atoms with Gasteiger partial charge in [-0.05, 0) is 44.0 Å². The maximum absolute atomic E-state index is 6.08. The molecule has 20 heavy (non-hydrogen) atoms. The van der Waals surface area contributed by atoms with E-state index in [4.69, 9.17) is 16.3 Å². The van der Waals surface area contributed by atoms with Gasteiger partial charge in [-0.2, -0.15) is 0 Å². The third-order valence-electron chi connectivity index (χ3n) is 3.95. The molecule has 1 aliphatic carbocycles. The lowest BCUT2D eigenvalue weighted by atomic mass is 10.0. The van der Waals surface area contributed by atoms with Gasteiger partial charge >= 0.3 is 0 Å². The van der Waals surface area contributed by atoms with E-state index in [1.165, 1.54) is 18.4 Å². The predicted molar refractivity (Wildman–Crippen MR) is 84.3 cm³/mol. The van der Waals surface area contributed by atoms with Crippen molar-refractivity contribution in [2.75, 3.05) is 33.9 Å². The Morgan fingerprint density at radius 3 is 2.80 bits per heavy atom. The third-order valence-corrected chi connectivity index (χ3v) is 4.19. The summed E-state index contributed by atoms with van der Waals surface area (Å²) in [5, 5.41) is 4.21. The number of rotatable bonds is 9. The zero-order valence-electron chi connectivity index (χ0n) is 12.4. The molecule has 112 valence electrons. The Kier molecular flexibility index (Phi) is 6.30. The molecule has 1 fully saturated rings. The minimum absolute atomic E-state index is 0.359. The van der Waals surface area contributed by atoms with Gasteiger partial charge in [-0.1, -0.05) is 23.7 Å². The van der Waals surface area contributed by atoms with Crippen molar-refractivity contribution in [2.24, 2.45) is 0 Å². The first-order valence-electron chi connectivity index (χ1n) is 7.40. The first-order valence-corrected chi connectivity index (χ1v) is 7.78. The van der Waals surface area contributed by atoms with Crippen LogP contribution in [0.4, 0.5) is 0 Å². The van der Waals surface area contributed by atoms with Gasteiger partial charge in [-0.3, -0.25) is 4.90 Å². The molecule has 0 spiro atoms. The zero-order valence-corrected chi connectivity index (χ0v) is 13.2. The van der Waals surface area contributed by atoms with Crippen LogP contribution in [0.25, 0.3) is 0 Å². The van der Waals surface area contributed by atoms with Crippen LogP contribution >= 0.6 is 11.6 Å². The van der Waals surface area contributed by atoms with Crippen molar-refractivity contribution in [1.82, 2.24) is 10.2 Å². The van der Waals surface area contributed by atoms with E-state index in [1.54, 1.807) is 7.11 Å². The standard InChI is InChI=1S/C16H25ClN2O/c1-18-16(13-4-3-5-14(17)12-13)8-9-19(10-11-20-2)15-6-7-15/h3-5,12,15-16,18H,6-11H2,1-2H3. The van der Waals surface area contributed by atoms with Crippen LogP contribution in [0.15, 0.2) is 24.3 Å². The predicted octanol–water partition coefficient (Wildman–Crippen LogP) is 3.10. The number of hydrogen-bond acceptors (Lipinski definition) is 3. The Labute approximate surface area is 127 Å². The van der Waals surface area contributed by atoms with E-state index >= 15 is 0 Å². The molecule has 0 aliphatic heterocycles. The molecule has 3 nitrogen and oxygen atoms in total. The SMILES string of the molecule is CNC(CCN(CCOC)C1CC1)c1cccc(Cl)c1. The molecule has 1 atom stereocenters. The maximum Gasteiger partial charge on any atom is 0.0589 e. The summed E-state index contributed by atoms with van der Waals surface area (Å²) in [5.41, 5.74) is 1.27. The van der Waals surface area contributed by atoms with E-state index in [1.807, 2.05) is 19.2 Å². The van der Waals surface area contributed by atoms with E-state index in [2.05, 4.69) is 22.3 Å². The topological polar surface area (TPSA) is 24.5 Å². The normalized spacial score (nSPS) is 16.6. The molecule has 0 bridgehead atoms. The Morgan fingerprint density at radius 2 is 2.20 bits per heavy atom. The molecule has 0 aromatic heterocycles. The fourth-order valence-electron chi connectivity index (χ4n) is 2.62. The Bertz CT molecular complexity index is 409. The van der Waals surface area contributed by atoms with Crippen molar-refractivity contribution in [3.05, 3.63) is 34.9 Å². The number of halogens is 1. The van der Waals surface area contributed by atoms with Gasteiger partial charge in [0.05, 0.1) is 6.61 Å². The highest BCUT2D eigenvalue weighted by Gasteiger charge is 2.28. The van der Waals surface area contributed by atoms with Gasteiger partial charge < -0.3 is 10.1 Å². The number of nitrogens with one attached hydrogen (secondary N) is 1. The lowest BCUT2D eigenvalue weighted by molar-refractivity contribution is 0.140. The van der Waals surface area contributed by atoms with Crippen LogP contribution in [-0.2, 0) is 4.74 Å². The minimum atomic E-state index is 0.359. The summed E-state index contributed by atoms with van der Waals surface area (Å²) in [5.74, 6) is 0. The fourth-order valence-corrected chi connectivity index (χ4v) is 2.82. The smallest absolute Gasteiger partial charge is 0.0589 e. The lowest BCUT2D eigenvalue weighted by Gasteiger charge is -2.25. The van der Waals surface area contributed by atoms with E-state index in [0.717, 1.165) is 37.2 Å². The van der Waals surface area contributed by atoms with E-state index in [0.29, 0.717) is 6.04 Å². The average Bonchev–Trinajstić information content (AvgIpc) is 3.27. The summed E-state index contributed by atoms with van der Waals surface area (Å²) in [6, 6.07) is 9.28. The van der Waals surface area contributed by atoms with Crippen LogP contribution in [0.5, 0.6) is 0 Å². The highest BCUT2D eigenvalue weighted by atomic mass is 35.5. The molecule has 0 heterocycles. The molecular formula is C16H25ClN2O. The lowest BCUT2D eigenvalue weighted by Crippen LogP contribution is -2.33. The molecule has 0 saturated heterocycles. The molecule has 1 aromatic carbocycles. The van der Waals surface area contributed by atoms with Crippen LogP contribution in [0, 0.1) is 0 Å². The first kappa shape index (κ1) is 15.8. The summed E-state index contributed by atoms with van der Waals surface area (Å²) < 4.78 is 5.21. The Balaban J connectivity index is 1.88.